The predicted molar refractivity (Wildman–Crippen MR) is 139 cm³/mol. The van der Waals surface area contributed by atoms with Gasteiger partial charge in [0.15, 0.2) is 11.5 Å². The Morgan fingerprint density at radius 1 is 0.861 bits per heavy atom. The van der Waals surface area contributed by atoms with E-state index >= 15 is 0 Å². The molecule has 7 nitrogen and oxygen atoms in total. The van der Waals surface area contributed by atoms with Crippen LogP contribution in [0.1, 0.15) is 18.4 Å². The first-order valence-electron chi connectivity index (χ1n) is 11.9. The molecule has 0 bridgehead atoms. The summed E-state index contributed by atoms with van der Waals surface area (Å²) < 4.78 is 16.6. The van der Waals surface area contributed by atoms with Crippen molar-refractivity contribution in [3.05, 3.63) is 84.4 Å². The Morgan fingerprint density at radius 2 is 1.56 bits per heavy atom. The third-order valence-electron chi connectivity index (χ3n) is 6.11. The lowest BCUT2D eigenvalue weighted by atomic mass is 9.95. The number of amides is 2. The first-order valence-corrected chi connectivity index (χ1v) is 11.9. The summed E-state index contributed by atoms with van der Waals surface area (Å²) in [6.07, 6.45) is 4.64. The van der Waals surface area contributed by atoms with E-state index in [0.717, 1.165) is 11.3 Å². The summed E-state index contributed by atoms with van der Waals surface area (Å²) in [4.78, 5) is 27.3. The van der Waals surface area contributed by atoms with Gasteiger partial charge in [0, 0.05) is 36.8 Å². The lowest BCUT2D eigenvalue weighted by Crippen LogP contribution is -2.40. The van der Waals surface area contributed by atoms with Gasteiger partial charge in [-0.2, -0.15) is 0 Å². The summed E-state index contributed by atoms with van der Waals surface area (Å²) in [5.41, 5.74) is 1.60. The Morgan fingerprint density at radius 3 is 2.22 bits per heavy atom. The molecule has 36 heavy (non-hydrogen) atoms. The summed E-state index contributed by atoms with van der Waals surface area (Å²) in [5.74, 6) is 2.13. The quantitative estimate of drug-likeness (QED) is 0.432. The number of nitrogens with one attached hydrogen (secondary N) is 1. The predicted octanol–water partition coefficient (Wildman–Crippen LogP) is 5.39. The first kappa shape index (κ1) is 24.9. The van der Waals surface area contributed by atoms with E-state index in [1.807, 2.05) is 48.5 Å². The van der Waals surface area contributed by atoms with Gasteiger partial charge in [0.2, 0.25) is 11.8 Å². The second kappa shape index (κ2) is 11.9. The van der Waals surface area contributed by atoms with E-state index in [0.29, 0.717) is 48.9 Å². The van der Waals surface area contributed by atoms with Crippen molar-refractivity contribution in [3.8, 4) is 23.0 Å². The van der Waals surface area contributed by atoms with Crippen LogP contribution in [0.2, 0.25) is 0 Å². The largest absolute Gasteiger partial charge is 0.497 e. The Hall–Kier alpha value is -4.26. The Labute approximate surface area is 211 Å². The molecule has 3 aromatic carbocycles. The van der Waals surface area contributed by atoms with Crippen molar-refractivity contribution in [2.45, 2.75) is 12.8 Å². The number of hydrogen-bond acceptors (Lipinski definition) is 5. The van der Waals surface area contributed by atoms with E-state index in [4.69, 9.17) is 14.2 Å². The molecule has 1 aliphatic heterocycles. The third-order valence-corrected chi connectivity index (χ3v) is 6.11. The second-order valence-corrected chi connectivity index (χ2v) is 8.48. The molecule has 0 radical (unpaired) electrons. The number of ether oxygens (including phenoxy) is 3. The zero-order valence-corrected chi connectivity index (χ0v) is 20.5. The molecule has 3 aromatic rings. The lowest BCUT2D eigenvalue weighted by Gasteiger charge is -2.30. The highest BCUT2D eigenvalue weighted by Gasteiger charge is 2.26. The van der Waals surface area contributed by atoms with Crippen molar-refractivity contribution >= 4 is 23.6 Å². The minimum Gasteiger partial charge on any atom is -0.497 e. The zero-order chi connectivity index (χ0) is 25.3. The van der Waals surface area contributed by atoms with Gasteiger partial charge in [0.05, 0.1) is 14.2 Å². The van der Waals surface area contributed by atoms with E-state index in [9.17, 15) is 9.59 Å². The van der Waals surface area contributed by atoms with Crippen molar-refractivity contribution in [1.29, 1.82) is 0 Å². The maximum absolute atomic E-state index is 12.9. The van der Waals surface area contributed by atoms with Crippen LogP contribution in [0.5, 0.6) is 23.0 Å². The molecule has 0 atom stereocenters. The molecule has 0 unspecified atom stereocenters. The molecule has 1 fully saturated rings. The van der Waals surface area contributed by atoms with Gasteiger partial charge in [-0.1, -0.05) is 30.3 Å². The van der Waals surface area contributed by atoms with Crippen LogP contribution in [0, 0.1) is 5.92 Å². The molecule has 2 amide bonds. The monoisotopic (exact) mass is 486 g/mol. The van der Waals surface area contributed by atoms with Crippen LogP contribution < -0.4 is 19.5 Å². The van der Waals surface area contributed by atoms with E-state index in [1.165, 1.54) is 0 Å². The number of benzene rings is 3. The number of rotatable bonds is 8. The average molecular weight is 487 g/mol. The molecule has 0 saturated carbocycles. The minimum atomic E-state index is -0.166. The average Bonchev–Trinajstić information content (AvgIpc) is 2.93. The van der Waals surface area contributed by atoms with E-state index in [2.05, 4.69) is 5.32 Å². The smallest absolute Gasteiger partial charge is 0.246 e. The maximum atomic E-state index is 12.9. The standard InChI is InChI=1S/C29H30N2O5/c1-34-24-10-12-25(13-11-24)36-27-20-23(9-14-26(27)35-2)30-29(33)22-16-18-31(19-17-22)28(32)15-8-21-6-4-3-5-7-21/h3-15,20,22H,16-19H2,1-2H3,(H,30,33)/b15-8+. The van der Waals surface area contributed by atoms with Gasteiger partial charge in [-0.15, -0.1) is 0 Å². The van der Waals surface area contributed by atoms with E-state index in [1.54, 1.807) is 55.5 Å². The van der Waals surface area contributed by atoms with Crippen molar-refractivity contribution in [2.75, 3.05) is 32.6 Å². The van der Waals surface area contributed by atoms with Crippen LogP contribution in [-0.4, -0.2) is 44.0 Å². The number of piperidine rings is 1. The fourth-order valence-electron chi connectivity index (χ4n) is 4.05. The van der Waals surface area contributed by atoms with Crippen molar-refractivity contribution in [2.24, 2.45) is 5.92 Å². The number of nitrogens with zero attached hydrogens (tertiary/aromatic N) is 1. The molecule has 0 spiro atoms. The maximum Gasteiger partial charge on any atom is 0.246 e. The van der Waals surface area contributed by atoms with Gasteiger partial charge in [0.1, 0.15) is 11.5 Å². The van der Waals surface area contributed by atoms with Gasteiger partial charge in [-0.05, 0) is 60.9 Å². The Kier molecular flexibility index (Phi) is 8.24. The van der Waals surface area contributed by atoms with Crippen LogP contribution in [-0.2, 0) is 9.59 Å². The van der Waals surface area contributed by atoms with Crippen LogP contribution >= 0.6 is 0 Å². The Bertz CT molecular complexity index is 1200. The summed E-state index contributed by atoms with van der Waals surface area (Å²) in [6, 6.07) is 22.2. The number of anilines is 1. The van der Waals surface area contributed by atoms with E-state index < -0.39 is 0 Å². The van der Waals surface area contributed by atoms with Crippen molar-refractivity contribution in [3.63, 3.8) is 0 Å². The fraction of sp³-hybridized carbons (Fsp3) is 0.241. The summed E-state index contributed by atoms with van der Waals surface area (Å²) in [6.45, 7) is 1.09. The molecule has 186 valence electrons. The minimum absolute atomic E-state index is 0.0341. The van der Waals surface area contributed by atoms with Crippen molar-refractivity contribution in [1.82, 2.24) is 4.90 Å². The van der Waals surface area contributed by atoms with Gasteiger partial charge >= 0.3 is 0 Å². The molecule has 7 heteroatoms. The SMILES string of the molecule is COc1ccc(Oc2cc(NC(=O)C3CCN(C(=O)/C=C/c4ccccc4)CC3)ccc2OC)cc1. The van der Waals surface area contributed by atoms with Crippen LogP contribution in [0.3, 0.4) is 0 Å². The van der Waals surface area contributed by atoms with E-state index in [-0.39, 0.29) is 17.7 Å². The number of carbonyl (C=O) groups is 2. The normalized spacial score (nSPS) is 13.9. The molecule has 1 heterocycles. The van der Waals surface area contributed by atoms with Gasteiger partial charge < -0.3 is 24.4 Å². The third kappa shape index (κ3) is 6.44. The van der Waals surface area contributed by atoms with Crippen LogP contribution in [0.4, 0.5) is 5.69 Å². The summed E-state index contributed by atoms with van der Waals surface area (Å²) in [7, 11) is 3.18. The molecule has 0 aliphatic carbocycles. The number of hydrogen-bond donors (Lipinski definition) is 1. The number of methoxy groups -OCH3 is 2. The molecule has 1 saturated heterocycles. The highest BCUT2D eigenvalue weighted by molar-refractivity contribution is 5.94. The van der Waals surface area contributed by atoms with Crippen molar-refractivity contribution < 1.29 is 23.8 Å². The fourth-order valence-corrected chi connectivity index (χ4v) is 4.05. The summed E-state index contributed by atoms with van der Waals surface area (Å²) >= 11 is 0. The van der Waals surface area contributed by atoms with Crippen LogP contribution in [0.15, 0.2) is 78.9 Å². The topological polar surface area (TPSA) is 77.1 Å². The molecule has 4 rings (SSSR count). The zero-order valence-electron chi connectivity index (χ0n) is 20.5. The van der Waals surface area contributed by atoms with Crippen LogP contribution in [0.25, 0.3) is 6.08 Å². The highest BCUT2D eigenvalue weighted by atomic mass is 16.5. The molecular weight excluding hydrogens is 456 g/mol. The highest BCUT2D eigenvalue weighted by Crippen LogP contribution is 2.35. The lowest BCUT2D eigenvalue weighted by molar-refractivity contribution is -0.130. The molecule has 1 N–H and O–H groups in total. The van der Waals surface area contributed by atoms with Gasteiger partial charge in [-0.3, -0.25) is 9.59 Å². The molecule has 1 aliphatic rings. The molecule has 0 aromatic heterocycles. The second-order valence-electron chi connectivity index (χ2n) is 8.48. The summed E-state index contributed by atoms with van der Waals surface area (Å²) in [5, 5.41) is 2.99. The Balaban J connectivity index is 1.33. The van der Waals surface area contributed by atoms with Gasteiger partial charge in [-0.25, -0.2) is 0 Å². The number of likely N-dealkylation sites (tertiary alicyclic amines) is 1. The number of carbonyl (C=O) groups excluding carboxylic acids is 2. The first-order chi connectivity index (χ1) is 17.6. The van der Waals surface area contributed by atoms with Gasteiger partial charge in [0.25, 0.3) is 0 Å². The molecular formula is C29H30N2O5.